The largest absolute Gasteiger partial charge is 0.497 e. The van der Waals surface area contributed by atoms with Crippen molar-refractivity contribution >= 4 is 27.5 Å². The van der Waals surface area contributed by atoms with Crippen LogP contribution < -0.4 is 19.1 Å². The lowest BCUT2D eigenvalue weighted by Gasteiger charge is -2.29. The van der Waals surface area contributed by atoms with Gasteiger partial charge in [0.2, 0.25) is 21.8 Å². The summed E-state index contributed by atoms with van der Waals surface area (Å²) < 4.78 is 37.2. The minimum absolute atomic E-state index is 0.0636. The van der Waals surface area contributed by atoms with E-state index in [0.717, 1.165) is 11.8 Å². The molecule has 0 spiro atoms. The Morgan fingerprint density at radius 2 is 1.83 bits per heavy atom. The van der Waals surface area contributed by atoms with E-state index in [9.17, 15) is 18.0 Å². The van der Waals surface area contributed by atoms with Gasteiger partial charge in [0.05, 0.1) is 25.7 Å². The molecule has 10 heteroatoms. The van der Waals surface area contributed by atoms with Gasteiger partial charge in [-0.2, -0.15) is 0 Å². The number of sulfonamides is 1. The summed E-state index contributed by atoms with van der Waals surface area (Å²) in [5, 5.41) is 2.58. The molecule has 0 aromatic heterocycles. The third-order valence-corrected chi connectivity index (χ3v) is 6.67. The summed E-state index contributed by atoms with van der Waals surface area (Å²) >= 11 is 0. The lowest BCUT2D eigenvalue weighted by atomic mass is 10.1. The second-order valence-electron chi connectivity index (χ2n) is 8.00. The fraction of sp³-hybridized carbons (Fsp3) is 0.440. The number of rotatable bonds is 13. The minimum Gasteiger partial charge on any atom is -0.497 e. The summed E-state index contributed by atoms with van der Waals surface area (Å²) in [6.45, 7) is 4.19. The average Bonchev–Trinajstić information content (AvgIpc) is 2.84. The number of nitrogens with zero attached hydrogens (tertiary/aromatic N) is 2. The summed E-state index contributed by atoms with van der Waals surface area (Å²) in [6.07, 6.45) is 1.45. The molecule has 0 aliphatic rings. The van der Waals surface area contributed by atoms with Crippen molar-refractivity contribution in [2.45, 2.75) is 39.3 Å². The molecule has 2 aromatic carbocycles. The van der Waals surface area contributed by atoms with Crippen molar-refractivity contribution in [3.63, 3.8) is 0 Å². The Labute approximate surface area is 208 Å². The average molecular weight is 506 g/mol. The third kappa shape index (κ3) is 7.88. The maximum atomic E-state index is 13.2. The van der Waals surface area contributed by atoms with Gasteiger partial charge in [-0.25, -0.2) is 8.42 Å². The minimum atomic E-state index is -3.62. The maximum absolute atomic E-state index is 13.2. The van der Waals surface area contributed by atoms with E-state index in [1.54, 1.807) is 44.4 Å². The molecular formula is C25H35N3O6S. The first kappa shape index (κ1) is 28.0. The van der Waals surface area contributed by atoms with Crippen molar-refractivity contribution in [3.05, 3.63) is 54.1 Å². The van der Waals surface area contributed by atoms with Crippen LogP contribution in [0, 0.1) is 0 Å². The number of amides is 2. The van der Waals surface area contributed by atoms with E-state index in [0.29, 0.717) is 23.8 Å². The number of carbonyl (C=O) groups excluding carboxylic acids is 2. The predicted octanol–water partition coefficient (Wildman–Crippen LogP) is 2.80. The summed E-state index contributed by atoms with van der Waals surface area (Å²) in [5.74, 6) is 0.569. The highest BCUT2D eigenvalue weighted by molar-refractivity contribution is 7.92. The molecule has 1 atom stereocenters. The lowest BCUT2D eigenvalue weighted by molar-refractivity contribution is -0.140. The van der Waals surface area contributed by atoms with Gasteiger partial charge in [0, 0.05) is 26.6 Å². The lowest BCUT2D eigenvalue weighted by Crippen LogP contribution is -2.46. The SMILES string of the molecule is CCOc1ccccc1N(CCCC(=O)N(Cc1cccc(OC)c1)[C@H](C)C(=O)NC)S(C)(=O)=O. The van der Waals surface area contributed by atoms with E-state index < -0.39 is 16.1 Å². The van der Waals surface area contributed by atoms with Crippen molar-refractivity contribution in [1.29, 1.82) is 0 Å². The second-order valence-corrected chi connectivity index (χ2v) is 9.91. The van der Waals surface area contributed by atoms with E-state index in [2.05, 4.69) is 5.32 Å². The molecule has 0 aliphatic heterocycles. The Kier molecular flexibility index (Phi) is 10.4. The van der Waals surface area contributed by atoms with Gasteiger partial charge in [0.1, 0.15) is 17.5 Å². The Hall–Kier alpha value is -3.27. The van der Waals surface area contributed by atoms with E-state index in [-0.39, 0.29) is 37.7 Å². The summed E-state index contributed by atoms with van der Waals surface area (Å²) in [7, 11) is -0.534. The number of nitrogens with one attached hydrogen (secondary N) is 1. The van der Waals surface area contributed by atoms with Gasteiger partial charge in [-0.15, -0.1) is 0 Å². The fourth-order valence-corrected chi connectivity index (χ4v) is 4.65. The van der Waals surface area contributed by atoms with Crippen molar-refractivity contribution in [1.82, 2.24) is 10.2 Å². The first-order chi connectivity index (χ1) is 16.6. The van der Waals surface area contributed by atoms with E-state index in [1.807, 2.05) is 25.1 Å². The summed E-state index contributed by atoms with van der Waals surface area (Å²) in [4.78, 5) is 27.1. The molecule has 0 bridgehead atoms. The normalized spacial score (nSPS) is 11.9. The quantitative estimate of drug-likeness (QED) is 0.449. The van der Waals surface area contributed by atoms with Crippen LogP contribution in [0.25, 0.3) is 0 Å². The molecule has 0 heterocycles. The molecule has 9 nitrogen and oxygen atoms in total. The van der Waals surface area contributed by atoms with Crippen molar-refractivity contribution < 1.29 is 27.5 Å². The summed E-state index contributed by atoms with van der Waals surface area (Å²) in [6, 6.07) is 13.5. The van der Waals surface area contributed by atoms with Crippen LogP contribution in [0.4, 0.5) is 5.69 Å². The van der Waals surface area contributed by atoms with E-state index in [1.165, 1.54) is 16.3 Å². The van der Waals surface area contributed by atoms with Crippen molar-refractivity contribution in [3.8, 4) is 11.5 Å². The zero-order valence-electron chi connectivity index (χ0n) is 21.0. The monoisotopic (exact) mass is 505 g/mol. The van der Waals surface area contributed by atoms with Crippen molar-refractivity contribution in [2.75, 3.05) is 37.9 Å². The molecule has 0 radical (unpaired) electrons. The zero-order chi connectivity index (χ0) is 26.0. The third-order valence-electron chi connectivity index (χ3n) is 5.49. The number of methoxy groups -OCH3 is 1. The molecule has 35 heavy (non-hydrogen) atoms. The maximum Gasteiger partial charge on any atom is 0.242 e. The molecule has 0 saturated heterocycles. The summed E-state index contributed by atoms with van der Waals surface area (Å²) in [5.41, 5.74) is 1.24. The fourth-order valence-electron chi connectivity index (χ4n) is 3.68. The van der Waals surface area contributed by atoms with Gasteiger partial charge >= 0.3 is 0 Å². The van der Waals surface area contributed by atoms with Crippen LogP contribution in [0.2, 0.25) is 0 Å². The van der Waals surface area contributed by atoms with Crippen LogP contribution in [0.5, 0.6) is 11.5 Å². The first-order valence-electron chi connectivity index (χ1n) is 11.5. The molecule has 2 amide bonds. The van der Waals surface area contributed by atoms with Gasteiger partial charge < -0.3 is 19.7 Å². The highest BCUT2D eigenvalue weighted by Crippen LogP contribution is 2.30. The molecule has 2 rings (SSSR count). The van der Waals surface area contributed by atoms with Crippen LogP contribution in [-0.4, -0.2) is 64.7 Å². The second kappa shape index (κ2) is 13.0. The van der Waals surface area contributed by atoms with Crippen LogP contribution in [0.1, 0.15) is 32.3 Å². The number of hydrogen-bond donors (Lipinski definition) is 1. The van der Waals surface area contributed by atoms with Crippen LogP contribution in [0.15, 0.2) is 48.5 Å². The van der Waals surface area contributed by atoms with Crippen LogP contribution in [-0.2, 0) is 26.2 Å². The molecule has 192 valence electrons. The van der Waals surface area contributed by atoms with E-state index >= 15 is 0 Å². The Bertz CT molecular complexity index is 1110. The molecule has 0 fully saturated rings. The number of hydrogen-bond acceptors (Lipinski definition) is 6. The zero-order valence-corrected chi connectivity index (χ0v) is 21.8. The molecule has 2 aromatic rings. The van der Waals surface area contributed by atoms with Crippen LogP contribution in [0.3, 0.4) is 0 Å². The van der Waals surface area contributed by atoms with Gasteiger partial charge in [-0.05, 0) is 50.1 Å². The van der Waals surface area contributed by atoms with Gasteiger partial charge in [-0.1, -0.05) is 24.3 Å². The van der Waals surface area contributed by atoms with Crippen molar-refractivity contribution in [2.24, 2.45) is 0 Å². The predicted molar refractivity (Wildman–Crippen MR) is 136 cm³/mol. The molecule has 0 aliphatic carbocycles. The number of para-hydroxylation sites is 2. The number of carbonyl (C=O) groups is 2. The molecule has 0 saturated carbocycles. The highest BCUT2D eigenvalue weighted by atomic mass is 32.2. The number of ether oxygens (including phenoxy) is 2. The molecular weight excluding hydrogens is 470 g/mol. The topological polar surface area (TPSA) is 105 Å². The number of anilines is 1. The highest BCUT2D eigenvalue weighted by Gasteiger charge is 2.26. The van der Waals surface area contributed by atoms with E-state index in [4.69, 9.17) is 9.47 Å². The molecule has 1 N–H and O–H groups in total. The van der Waals surface area contributed by atoms with Gasteiger partial charge in [-0.3, -0.25) is 13.9 Å². The Balaban J connectivity index is 2.20. The first-order valence-corrected chi connectivity index (χ1v) is 13.3. The smallest absolute Gasteiger partial charge is 0.242 e. The van der Waals surface area contributed by atoms with Gasteiger partial charge in [0.25, 0.3) is 0 Å². The van der Waals surface area contributed by atoms with Crippen LogP contribution >= 0.6 is 0 Å². The Morgan fingerprint density at radius 3 is 2.46 bits per heavy atom. The molecule has 0 unspecified atom stereocenters. The number of benzene rings is 2. The standard InChI is InChI=1S/C25H35N3O6S/c1-6-34-23-14-8-7-13-22(23)28(35(5,31)32)16-10-15-24(29)27(19(2)25(30)26-3)18-20-11-9-12-21(17-20)33-4/h7-9,11-14,17,19H,6,10,15-16,18H2,1-5H3,(H,26,30)/t19-/m1/s1. The van der Waals surface area contributed by atoms with Gasteiger partial charge in [0.15, 0.2) is 0 Å². The number of likely N-dealkylation sites (N-methyl/N-ethyl adjacent to an activating group) is 1. The Morgan fingerprint density at radius 1 is 1.11 bits per heavy atom.